The molecule has 1 fully saturated rings. The van der Waals surface area contributed by atoms with Gasteiger partial charge in [0.2, 0.25) is 0 Å². The lowest BCUT2D eigenvalue weighted by atomic mass is 10.2. The lowest BCUT2D eigenvalue weighted by molar-refractivity contribution is 0.329. The van der Waals surface area contributed by atoms with Crippen molar-refractivity contribution < 1.29 is 0 Å². The Morgan fingerprint density at radius 2 is 2.25 bits per heavy atom. The van der Waals surface area contributed by atoms with Crippen molar-refractivity contribution in [3.05, 3.63) is 22.4 Å². The molecule has 90 valence electrons. The summed E-state index contributed by atoms with van der Waals surface area (Å²) in [6, 6.07) is 4.96. The molecule has 1 aliphatic heterocycles. The SMILES string of the molecule is CC(Cc1cccs1)NCCN1CCCC1. The summed E-state index contributed by atoms with van der Waals surface area (Å²) in [6.45, 7) is 7.24. The second kappa shape index (κ2) is 6.38. The summed E-state index contributed by atoms with van der Waals surface area (Å²) < 4.78 is 0. The molecule has 1 saturated heterocycles. The fourth-order valence-electron chi connectivity index (χ4n) is 2.28. The third-order valence-corrected chi connectivity index (χ3v) is 4.11. The molecule has 0 amide bonds. The molecular weight excluding hydrogens is 216 g/mol. The molecule has 0 bridgehead atoms. The molecule has 2 rings (SSSR count). The molecule has 1 unspecified atom stereocenters. The lowest BCUT2D eigenvalue weighted by Gasteiger charge is -2.17. The van der Waals surface area contributed by atoms with Gasteiger partial charge in [0, 0.05) is 24.0 Å². The smallest absolute Gasteiger partial charge is 0.0107 e. The Labute approximate surface area is 103 Å². The average molecular weight is 238 g/mol. The van der Waals surface area contributed by atoms with Crippen molar-refractivity contribution in [1.82, 2.24) is 10.2 Å². The standard InChI is InChI=1S/C13H22N2S/c1-12(11-13-5-4-10-16-13)14-6-9-15-7-2-3-8-15/h4-5,10,12,14H,2-3,6-9,11H2,1H3. The van der Waals surface area contributed by atoms with E-state index < -0.39 is 0 Å². The van der Waals surface area contributed by atoms with Crippen molar-refractivity contribution in [2.75, 3.05) is 26.2 Å². The van der Waals surface area contributed by atoms with Gasteiger partial charge in [-0.15, -0.1) is 11.3 Å². The van der Waals surface area contributed by atoms with E-state index in [4.69, 9.17) is 0 Å². The number of likely N-dealkylation sites (tertiary alicyclic amines) is 1. The van der Waals surface area contributed by atoms with Crippen molar-refractivity contribution in [1.29, 1.82) is 0 Å². The first-order valence-corrected chi connectivity index (χ1v) is 7.20. The zero-order valence-electron chi connectivity index (χ0n) is 10.1. The normalized spacial score (nSPS) is 19.1. The number of hydrogen-bond donors (Lipinski definition) is 1. The first-order valence-electron chi connectivity index (χ1n) is 6.33. The van der Waals surface area contributed by atoms with Crippen LogP contribution in [0.3, 0.4) is 0 Å². The van der Waals surface area contributed by atoms with Crippen molar-refractivity contribution in [2.45, 2.75) is 32.2 Å². The van der Waals surface area contributed by atoms with Crippen LogP contribution in [0.1, 0.15) is 24.6 Å². The van der Waals surface area contributed by atoms with Gasteiger partial charge in [0.1, 0.15) is 0 Å². The minimum absolute atomic E-state index is 0.598. The van der Waals surface area contributed by atoms with Crippen LogP contribution in [0.15, 0.2) is 17.5 Å². The molecule has 0 radical (unpaired) electrons. The second-order valence-corrected chi connectivity index (χ2v) is 5.72. The molecular formula is C13H22N2S. The summed E-state index contributed by atoms with van der Waals surface area (Å²) in [5, 5.41) is 5.77. The maximum atomic E-state index is 3.61. The summed E-state index contributed by atoms with van der Waals surface area (Å²) in [7, 11) is 0. The van der Waals surface area contributed by atoms with Crippen LogP contribution in [0, 0.1) is 0 Å². The van der Waals surface area contributed by atoms with E-state index in [2.05, 4.69) is 34.7 Å². The van der Waals surface area contributed by atoms with Crippen LogP contribution in [-0.4, -0.2) is 37.1 Å². The van der Waals surface area contributed by atoms with E-state index in [0.717, 1.165) is 13.0 Å². The molecule has 2 heterocycles. The molecule has 1 atom stereocenters. The summed E-state index contributed by atoms with van der Waals surface area (Å²) in [4.78, 5) is 4.05. The quantitative estimate of drug-likeness (QED) is 0.818. The fraction of sp³-hybridized carbons (Fsp3) is 0.692. The van der Waals surface area contributed by atoms with Crippen LogP contribution in [0.25, 0.3) is 0 Å². The van der Waals surface area contributed by atoms with Gasteiger partial charge in [0.05, 0.1) is 0 Å². The lowest BCUT2D eigenvalue weighted by Crippen LogP contribution is -2.35. The van der Waals surface area contributed by atoms with Gasteiger partial charge in [-0.2, -0.15) is 0 Å². The Kier molecular flexibility index (Phi) is 4.82. The molecule has 1 aromatic heterocycles. The van der Waals surface area contributed by atoms with Crippen LogP contribution in [0.4, 0.5) is 0 Å². The van der Waals surface area contributed by atoms with Crippen molar-refractivity contribution in [3.8, 4) is 0 Å². The van der Waals surface area contributed by atoms with Crippen LogP contribution >= 0.6 is 11.3 Å². The highest BCUT2D eigenvalue weighted by Crippen LogP contribution is 2.11. The predicted molar refractivity (Wildman–Crippen MR) is 71.2 cm³/mol. The van der Waals surface area contributed by atoms with Gasteiger partial charge in [0.15, 0.2) is 0 Å². The predicted octanol–water partition coefficient (Wildman–Crippen LogP) is 2.36. The summed E-state index contributed by atoms with van der Waals surface area (Å²) in [6.07, 6.45) is 3.95. The Hall–Kier alpha value is -0.380. The molecule has 3 heteroatoms. The minimum Gasteiger partial charge on any atom is -0.313 e. The highest BCUT2D eigenvalue weighted by Gasteiger charge is 2.11. The Morgan fingerprint density at radius 3 is 2.94 bits per heavy atom. The van der Waals surface area contributed by atoms with Crippen LogP contribution < -0.4 is 5.32 Å². The Morgan fingerprint density at radius 1 is 1.44 bits per heavy atom. The third-order valence-electron chi connectivity index (χ3n) is 3.21. The van der Waals surface area contributed by atoms with Gasteiger partial charge in [-0.05, 0) is 50.7 Å². The van der Waals surface area contributed by atoms with E-state index in [1.165, 1.54) is 37.4 Å². The van der Waals surface area contributed by atoms with Gasteiger partial charge in [0.25, 0.3) is 0 Å². The Balaban J connectivity index is 1.58. The second-order valence-electron chi connectivity index (χ2n) is 4.69. The molecule has 2 nitrogen and oxygen atoms in total. The zero-order valence-corrected chi connectivity index (χ0v) is 10.9. The van der Waals surface area contributed by atoms with Gasteiger partial charge >= 0.3 is 0 Å². The average Bonchev–Trinajstić information content (AvgIpc) is 2.90. The molecule has 0 saturated carbocycles. The van der Waals surface area contributed by atoms with Crippen molar-refractivity contribution >= 4 is 11.3 Å². The van der Waals surface area contributed by atoms with Gasteiger partial charge < -0.3 is 10.2 Å². The van der Waals surface area contributed by atoms with Gasteiger partial charge in [-0.25, -0.2) is 0 Å². The largest absolute Gasteiger partial charge is 0.313 e. The maximum absolute atomic E-state index is 3.61. The molecule has 0 spiro atoms. The summed E-state index contributed by atoms with van der Waals surface area (Å²) in [5.41, 5.74) is 0. The van der Waals surface area contributed by atoms with E-state index in [-0.39, 0.29) is 0 Å². The topological polar surface area (TPSA) is 15.3 Å². The van der Waals surface area contributed by atoms with Gasteiger partial charge in [-0.3, -0.25) is 0 Å². The zero-order chi connectivity index (χ0) is 11.2. The van der Waals surface area contributed by atoms with Crippen LogP contribution in [0.5, 0.6) is 0 Å². The highest BCUT2D eigenvalue weighted by molar-refractivity contribution is 7.09. The first-order chi connectivity index (χ1) is 7.84. The number of nitrogens with zero attached hydrogens (tertiary/aromatic N) is 1. The third kappa shape index (κ3) is 3.89. The highest BCUT2D eigenvalue weighted by atomic mass is 32.1. The molecule has 0 aromatic carbocycles. The molecule has 1 N–H and O–H groups in total. The van der Waals surface area contributed by atoms with Crippen molar-refractivity contribution in [2.24, 2.45) is 0 Å². The van der Waals surface area contributed by atoms with Crippen LogP contribution in [-0.2, 0) is 6.42 Å². The minimum atomic E-state index is 0.598. The van der Waals surface area contributed by atoms with E-state index in [1.54, 1.807) is 0 Å². The van der Waals surface area contributed by atoms with E-state index in [1.807, 2.05) is 11.3 Å². The van der Waals surface area contributed by atoms with Crippen LogP contribution in [0.2, 0.25) is 0 Å². The number of hydrogen-bond acceptors (Lipinski definition) is 3. The summed E-state index contributed by atoms with van der Waals surface area (Å²) in [5.74, 6) is 0. The molecule has 1 aliphatic rings. The first kappa shape index (κ1) is 12.1. The molecule has 1 aromatic rings. The van der Waals surface area contributed by atoms with Crippen molar-refractivity contribution in [3.63, 3.8) is 0 Å². The van der Waals surface area contributed by atoms with E-state index in [9.17, 15) is 0 Å². The van der Waals surface area contributed by atoms with Gasteiger partial charge in [-0.1, -0.05) is 6.07 Å². The monoisotopic (exact) mass is 238 g/mol. The molecule has 16 heavy (non-hydrogen) atoms. The number of nitrogens with one attached hydrogen (secondary N) is 1. The van der Waals surface area contributed by atoms with E-state index >= 15 is 0 Å². The maximum Gasteiger partial charge on any atom is 0.0107 e. The Bertz CT molecular complexity index is 278. The fourth-order valence-corrected chi connectivity index (χ4v) is 3.11. The number of rotatable bonds is 6. The summed E-state index contributed by atoms with van der Waals surface area (Å²) >= 11 is 1.86. The van der Waals surface area contributed by atoms with E-state index in [0.29, 0.717) is 6.04 Å². The molecule has 0 aliphatic carbocycles. The number of thiophene rings is 1.